The summed E-state index contributed by atoms with van der Waals surface area (Å²) in [6, 6.07) is 40.0. The number of aliphatic hydroxyl groups is 1. The highest BCUT2D eigenvalue weighted by molar-refractivity contribution is 6.39. The van der Waals surface area contributed by atoms with Gasteiger partial charge in [0, 0.05) is 22.3 Å². The lowest BCUT2D eigenvalue weighted by Crippen LogP contribution is -2.23. The molecular weight excluding hydrogens is 366 g/mol. The van der Waals surface area contributed by atoms with E-state index in [0.717, 1.165) is 39.1 Å². The molecule has 0 aliphatic carbocycles. The summed E-state index contributed by atoms with van der Waals surface area (Å²) in [6.45, 7) is 0. The Kier molecular flexibility index (Phi) is 4.62. The van der Waals surface area contributed by atoms with Crippen LogP contribution in [-0.4, -0.2) is 10.8 Å². The van der Waals surface area contributed by atoms with Crippen LogP contribution in [0, 0.1) is 0 Å². The van der Waals surface area contributed by atoms with Gasteiger partial charge in [-0.25, -0.2) is 4.99 Å². The number of allylic oxidation sites excluding steroid dienone is 1. The van der Waals surface area contributed by atoms with Crippen LogP contribution in [0.2, 0.25) is 0 Å². The van der Waals surface area contributed by atoms with Crippen LogP contribution in [0.5, 0.6) is 0 Å². The van der Waals surface area contributed by atoms with E-state index in [1.165, 1.54) is 0 Å². The van der Waals surface area contributed by atoms with Gasteiger partial charge in [0.05, 0.1) is 5.71 Å². The van der Waals surface area contributed by atoms with Crippen LogP contribution in [0.3, 0.4) is 0 Å². The minimum Gasteiger partial charge on any atom is -0.362 e. The van der Waals surface area contributed by atoms with E-state index in [-0.39, 0.29) is 0 Å². The second kappa shape index (κ2) is 7.58. The zero-order valence-electron chi connectivity index (χ0n) is 16.4. The van der Waals surface area contributed by atoms with E-state index in [4.69, 9.17) is 4.99 Å². The fourth-order valence-corrected chi connectivity index (χ4v) is 4.09. The summed E-state index contributed by atoms with van der Waals surface area (Å²) in [5.41, 5.74) is 4.81. The monoisotopic (exact) mass is 387 g/mol. The lowest BCUT2D eigenvalue weighted by molar-refractivity contribution is 0.114. The smallest absolute Gasteiger partial charge is 0.210 e. The highest BCUT2D eigenvalue weighted by Crippen LogP contribution is 2.48. The van der Waals surface area contributed by atoms with E-state index in [2.05, 4.69) is 12.1 Å². The predicted molar refractivity (Wildman–Crippen MR) is 123 cm³/mol. The van der Waals surface area contributed by atoms with Crippen LogP contribution in [-0.2, 0) is 5.72 Å². The van der Waals surface area contributed by atoms with Crippen molar-refractivity contribution in [3.05, 3.63) is 144 Å². The molecule has 0 bridgehead atoms. The first-order valence-electron chi connectivity index (χ1n) is 10.1. The molecule has 1 N–H and O–H groups in total. The topological polar surface area (TPSA) is 32.6 Å². The van der Waals surface area contributed by atoms with Crippen molar-refractivity contribution >= 4 is 16.9 Å². The van der Waals surface area contributed by atoms with E-state index in [1.54, 1.807) is 0 Å². The number of nitrogens with zero attached hydrogens (tertiary/aromatic N) is 1. The fraction of sp³-hybridized carbons (Fsp3) is 0.0357. The van der Waals surface area contributed by atoms with Crippen LogP contribution < -0.4 is 0 Å². The molecule has 0 aromatic heterocycles. The van der Waals surface area contributed by atoms with Crippen LogP contribution in [0.4, 0.5) is 0 Å². The summed E-state index contributed by atoms with van der Waals surface area (Å²) in [5.74, 6) is 0. The van der Waals surface area contributed by atoms with Crippen LogP contribution in [0.15, 0.2) is 126 Å². The summed E-state index contributed by atoms with van der Waals surface area (Å²) in [7, 11) is 0. The highest BCUT2D eigenvalue weighted by atomic mass is 16.3. The van der Waals surface area contributed by atoms with Crippen molar-refractivity contribution in [3.63, 3.8) is 0 Å². The molecule has 30 heavy (non-hydrogen) atoms. The van der Waals surface area contributed by atoms with Crippen molar-refractivity contribution in [3.8, 4) is 0 Å². The molecule has 5 rings (SSSR count). The van der Waals surface area contributed by atoms with Crippen LogP contribution in [0.25, 0.3) is 11.1 Å². The van der Waals surface area contributed by atoms with Gasteiger partial charge in [-0.15, -0.1) is 0 Å². The van der Waals surface area contributed by atoms with E-state index < -0.39 is 5.72 Å². The van der Waals surface area contributed by atoms with Crippen molar-refractivity contribution in [1.29, 1.82) is 0 Å². The summed E-state index contributed by atoms with van der Waals surface area (Å²) < 4.78 is 0. The van der Waals surface area contributed by atoms with Crippen molar-refractivity contribution in [2.24, 2.45) is 4.99 Å². The first-order valence-corrected chi connectivity index (χ1v) is 10.1. The molecule has 1 atom stereocenters. The number of hydrogen-bond acceptors (Lipinski definition) is 2. The summed E-state index contributed by atoms with van der Waals surface area (Å²) in [5, 5.41) is 12.1. The molecule has 0 amide bonds. The molecule has 1 aliphatic rings. The Morgan fingerprint density at radius 3 is 1.47 bits per heavy atom. The van der Waals surface area contributed by atoms with Gasteiger partial charge in [0.1, 0.15) is 0 Å². The molecule has 0 spiro atoms. The average molecular weight is 387 g/mol. The average Bonchev–Trinajstić information content (AvgIpc) is 3.16. The van der Waals surface area contributed by atoms with Gasteiger partial charge in [-0.1, -0.05) is 121 Å². The Hall–Kier alpha value is -3.75. The molecule has 2 nitrogen and oxygen atoms in total. The van der Waals surface area contributed by atoms with Crippen molar-refractivity contribution in [1.82, 2.24) is 0 Å². The van der Waals surface area contributed by atoms with Crippen molar-refractivity contribution < 1.29 is 5.11 Å². The Bertz CT molecular complexity index is 1210. The maximum atomic E-state index is 12.1. The second-order valence-corrected chi connectivity index (χ2v) is 7.35. The zero-order chi connectivity index (χ0) is 20.4. The Balaban J connectivity index is 1.87. The fourth-order valence-electron chi connectivity index (χ4n) is 4.09. The van der Waals surface area contributed by atoms with Crippen molar-refractivity contribution in [2.75, 3.05) is 0 Å². The summed E-state index contributed by atoms with van der Waals surface area (Å²) in [6.07, 6.45) is 0. The Morgan fingerprint density at radius 1 is 0.500 bits per heavy atom. The third kappa shape index (κ3) is 3.08. The lowest BCUT2D eigenvalue weighted by atomic mass is 9.84. The van der Waals surface area contributed by atoms with E-state index in [1.807, 2.05) is 109 Å². The highest BCUT2D eigenvalue weighted by Gasteiger charge is 2.43. The SMILES string of the molecule is OC1(c2ccccc2)N=C(c2ccccc2)C(c2ccccc2)=C1c1ccccc1. The standard InChI is InChI=1S/C28H21NO/c30-28(24-19-11-4-12-20-24)26(22-15-7-2-8-16-22)25(21-13-5-1-6-14-21)27(29-28)23-17-9-3-10-18-23/h1-20,30H. The maximum absolute atomic E-state index is 12.1. The molecule has 1 aliphatic heterocycles. The van der Waals surface area contributed by atoms with Gasteiger partial charge in [0.25, 0.3) is 0 Å². The third-order valence-corrected chi connectivity index (χ3v) is 5.46. The zero-order valence-corrected chi connectivity index (χ0v) is 16.4. The molecule has 1 unspecified atom stereocenters. The first kappa shape index (κ1) is 18.3. The van der Waals surface area contributed by atoms with Gasteiger partial charge in [-0.3, -0.25) is 0 Å². The molecule has 0 radical (unpaired) electrons. The van der Waals surface area contributed by atoms with Gasteiger partial charge < -0.3 is 5.11 Å². The molecular formula is C28H21NO. The molecule has 4 aromatic carbocycles. The third-order valence-electron chi connectivity index (χ3n) is 5.46. The van der Waals surface area contributed by atoms with Crippen LogP contribution >= 0.6 is 0 Å². The van der Waals surface area contributed by atoms with Crippen LogP contribution in [0.1, 0.15) is 22.3 Å². The number of benzene rings is 4. The van der Waals surface area contributed by atoms with Gasteiger partial charge >= 0.3 is 0 Å². The summed E-state index contributed by atoms with van der Waals surface area (Å²) >= 11 is 0. The summed E-state index contributed by atoms with van der Waals surface area (Å²) in [4.78, 5) is 4.97. The quantitative estimate of drug-likeness (QED) is 0.461. The largest absolute Gasteiger partial charge is 0.362 e. The lowest BCUT2D eigenvalue weighted by Gasteiger charge is -2.25. The number of aliphatic imine (C=N–C) groups is 1. The number of rotatable bonds is 4. The maximum Gasteiger partial charge on any atom is 0.210 e. The minimum absolute atomic E-state index is 0.753. The molecule has 1 heterocycles. The molecule has 0 fully saturated rings. The molecule has 2 heteroatoms. The van der Waals surface area contributed by atoms with E-state index >= 15 is 0 Å². The minimum atomic E-state index is -1.47. The van der Waals surface area contributed by atoms with Gasteiger partial charge in [-0.2, -0.15) is 0 Å². The molecule has 0 saturated heterocycles. The first-order chi connectivity index (χ1) is 14.8. The molecule has 4 aromatic rings. The molecule has 0 saturated carbocycles. The number of hydrogen-bond donors (Lipinski definition) is 1. The van der Waals surface area contributed by atoms with Gasteiger partial charge in [-0.05, 0) is 11.1 Å². The molecule has 144 valence electrons. The Labute approximate surface area is 176 Å². The van der Waals surface area contributed by atoms with E-state index in [0.29, 0.717) is 0 Å². The second-order valence-electron chi connectivity index (χ2n) is 7.35. The van der Waals surface area contributed by atoms with Crippen molar-refractivity contribution in [2.45, 2.75) is 5.72 Å². The van der Waals surface area contributed by atoms with Gasteiger partial charge in [0.2, 0.25) is 5.72 Å². The normalized spacial score (nSPS) is 18.4. The van der Waals surface area contributed by atoms with Gasteiger partial charge in [0.15, 0.2) is 0 Å². The van der Waals surface area contributed by atoms with E-state index in [9.17, 15) is 5.11 Å². The Morgan fingerprint density at radius 2 is 0.933 bits per heavy atom. The predicted octanol–water partition coefficient (Wildman–Crippen LogP) is 5.95.